The maximum Gasteiger partial charge on any atom is 0.0233 e. The van der Waals surface area contributed by atoms with Crippen molar-refractivity contribution in [2.45, 2.75) is 40.3 Å². The molecular formula is C16H26N2. The summed E-state index contributed by atoms with van der Waals surface area (Å²) >= 11 is 0. The Kier molecular flexibility index (Phi) is 4.79. The zero-order valence-electron chi connectivity index (χ0n) is 12.0. The van der Waals surface area contributed by atoms with Gasteiger partial charge in [0.25, 0.3) is 0 Å². The van der Waals surface area contributed by atoms with Gasteiger partial charge in [0.15, 0.2) is 0 Å². The van der Waals surface area contributed by atoms with E-state index in [9.17, 15) is 0 Å². The molecule has 2 rings (SSSR count). The number of nitrogens with one attached hydrogen (secondary N) is 1. The first-order chi connectivity index (χ1) is 8.69. The number of hydrogen-bond donors (Lipinski definition) is 1. The zero-order chi connectivity index (χ0) is 13.0. The van der Waals surface area contributed by atoms with Crippen LogP contribution in [0.1, 0.15) is 37.5 Å². The molecule has 0 spiro atoms. The summed E-state index contributed by atoms with van der Waals surface area (Å²) in [5, 5.41) is 3.45. The van der Waals surface area contributed by atoms with E-state index in [2.05, 4.69) is 49.2 Å². The summed E-state index contributed by atoms with van der Waals surface area (Å²) in [4.78, 5) is 2.53. The lowest BCUT2D eigenvalue weighted by Crippen LogP contribution is -2.28. The Morgan fingerprint density at radius 3 is 2.83 bits per heavy atom. The average Bonchev–Trinajstić information content (AvgIpc) is 2.37. The molecule has 1 N–H and O–H groups in total. The highest BCUT2D eigenvalue weighted by Crippen LogP contribution is 2.17. The van der Waals surface area contributed by atoms with Crippen molar-refractivity contribution in [3.63, 3.8) is 0 Å². The van der Waals surface area contributed by atoms with Gasteiger partial charge in [-0.1, -0.05) is 39.0 Å². The van der Waals surface area contributed by atoms with E-state index in [4.69, 9.17) is 0 Å². The van der Waals surface area contributed by atoms with E-state index in [1.165, 1.54) is 29.7 Å². The van der Waals surface area contributed by atoms with Crippen molar-refractivity contribution in [3.05, 3.63) is 34.9 Å². The maximum absolute atomic E-state index is 3.45. The molecule has 0 aromatic heterocycles. The van der Waals surface area contributed by atoms with Gasteiger partial charge in [0.2, 0.25) is 0 Å². The fourth-order valence-corrected chi connectivity index (χ4v) is 2.71. The summed E-state index contributed by atoms with van der Waals surface area (Å²) in [6.07, 6.45) is 1.18. The lowest BCUT2D eigenvalue weighted by molar-refractivity contribution is 0.248. The SMILES string of the molecule is CCN(Cc1ccc2c(c1)CNCC2)CC(C)C. The third-order valence-corrected chi connectivity index (χ3v) is 3.63. The predicted octanol–water partition coefficient (Wildman–Crippen LogP) is 2.81. The molecule has 1 aliphatic rings. The fraction of sp³-hybridized carbons (Fsp3) is 0.625. The van der Waals surface area contributed by atoms with E-state index in [1.807, 2.05) is 0 Å². The Balaban J connectivity index is 2.04. The molecule has 0 fully saturated rings. The largest absolute Gasteiger partial charge is 0.312 e. The monoisotopic (exact) mass is 246 g/mol. The molecule has 1 heterocycles. The minimum Gasteiger partial charge on any atom is -0.312 e. The van der Waals surface area contributed by atoms with E-state index in [-0.39, 0.29) is 0 Å². The topological polar surface area (TPSA) is 15.3 Å². The van der Waals surface area contributed by atoms with Crippen molar-refractivity contribution in [1.82, 2.24) is 10.2 Å². The van der Waals surface area contributed by atoms with Crippen LogP contribution < -0.4 is 5.32 Å². The van der Waals surface area contributed by atoms with Gasteiger partial charge in [-0.3, -0.25) is 4.90 Å². The van der Waals surface area contributed by atoms with Crippen molar-refractivity contribution < 1.29 is 0 Å². The van der Waals surface area contributed by atoms with Gasteiger partial charge in [0, 0.05) is 19.6 Å². The third-order valence-electron chi connectivity index (χ3n) is 3.63. The van der Waals surface area contributed by atoms with E-state index < -0.39 is 0 Å². The molecule has 2 heteroatoms. The minimum absolute atomic E-state index is 0.740. The van der Waals surface area contributed by atoms with Crippen LogP contribution in [0, 0.1) is 5.92 Å². The molecule has 0 atom stereocenters. The normalized spacial score (nSPS) is 15.2. The van der Waals surface area contributed by atoms with Crippen LogP contribution in [0.25, 0.3) is 0 Å². The van der Waals surface area contributed by atoms with Crippen molar-refractivity contribution in [2.24, 2.45) is 5.92 Å². The molecule has 100 valence electrons. The standard InChI is InChI=1S/C16H26N2/c1-4-18(11-13(2)3)12-14-5-6-15-7-8-17-10-16(15)9-14/h5-6,9,13,17H,4,7-8,10-12H2,1-3H3. The second-order valence-corrected chi connectivity index (χ2v) is 5.75. The third kappa shape index (κ3) is 3.56. The van der Waals surface area contributed by atoms with Crippen LogP contribution in [0.4, 0.5) is 0 Å². The first-order valence-corrected chi connectivity index (χ1v) is 7.22. The Hall–Kier alpha value is -0.860. The quantitative estimate of drug-likeness (QED) is 0.859. The molecule has 18 heavy (non-hydrogen) atoms. The highest BCUT2D eigenvalue weighted by Gasteiger charge is 2.11. The second-order valence-electron chi connectivity index (χ2n) is 5.75. The number of nitrogens with zero attached hydrogens (tertiary/aromatic N) is 1. The van der Waals surface area contributed by atoms with Gasteiger partial charge in [-0.15, -0.1) is 0 Å². The molecule has 0 aliphatic carbocycles. The van der Waals surface area contributed by atoms with Crippen LogP contribution in [0.15, 0.2) is 18.2 Å². The number of rotatable bonds is 5. The van der Waals surface area contributed by atoms with E-state index in [0.29, 0.717) is 0 Å². The fourth-order valence-electron chi connectivity index (χ4n) is 2.71. The molecule has 0 saturated carbocycles. The molecule has 1 aliphatic heterocycles. The number of fused-ring (bicyclic) bond motifs is 1. The molecule has 0 unspecified atom stereocenters. The highest BCUT2D eigenvalue weighted by molar-refractivity contribution is 5.33. The van der Waals surface area contributed by atoms with Crippen molar-refractivity contribution >= 4 is 0 Å². The van der Waals surface area contributed by atoms with Crippen molar-refractivity contribution in [2.75, 3.05) is 19.6 Å². The highest BCUT2D eigenvalue weighted by atomic mass is 15.1. The van der Waals surface area contributed by atoms with E-state index in [1.54, 1.807) is 0 Å². The predicted molar refractivity (Wildman–Crippen MR) is 77.6 cm³/mol. The molecular weight excluding hydrogens is 220 g/mol. The number of benzene rings is 1. The summed E-state index contributed by atoms with van der Waals surface area (Å²) in [6, 6.07) is 7.03. The summed E-state index contributed by atoms with van der Waals surface area (Å²) in [5.74, 6) is 0.740. The molecule has 1 aromatic rings. The van der Waals surface area contributed by atoms with Gasteiger partial charge in [-0.05, 0) is 42.1 Å². The second kappa shape index (κ2) is 6.35. The van der Waals surface area contributed by atoms with Crippen LogP contribution >= 0.6 is 0 Å². The molecule has 0 amide bonds. The van der Waals surface area contributed by atoms with Gasteiger partial charge < -0.3 is 5.32 Å². The Morgan fingerprint density at radius 2 is 2.11 bits per heavy atom. The minimum atomic E-state index is 0.740. The van der Waals surface area contributed by atoms with Gasteiger partial charge in [0.1, 0.15) is 0 Å². The van der Waals surface area contributed by atoms with Crippen LogP contribution in [0.5, 0.6) is 0 Å². The summed E-state index contributed by atoms with van der Waals surface area (Å²) in [5.41, 5.74) is 4.49. The van der Waals surface area contributed by atoms with Crippen LogP contribution in [0.3, 0.4) is 0 Å². The van der Waals surface area contributed by atoms with Gasteiger partial charge >= 0.3 is 0 Å². The van der Waals surface area contributed by atoms with Crippen molar-refractivity contribution in [1.29, 1.82) is 0 Å². The number of hydrogen-bond acceptors (Lipinski definition) is 2. The Morgan fingerprint density at radius 1 is 1.28 bits per heavy atom. The lowest BCUT2D eigenvalue weighted by Gasteiger charge is -2.24. The smallest absolute Gasteiger partial charge is 0.0233 e. The van der Waals surface area contributed by atoms with Crippen molar-refractivity contribution in [3.8, 4) is 0 Å². The van der Waals surface area contributed by atoms with Crippen LogP contribution in [-0.2, 0) is 19.5 Å². The van der Waals surface area contributed by atoms with Crippen LogP contribution in [0.2, 0.25) is 0 Å². The molecule has 0 radical (unpaired) electrons. The molecule has 0 saturated heterocycles. The van der Waals surface area contributed by atoms with Gasteiger partial charge in [-0.25, -0.2) is 0 Å². The Labute approximate surface area is 111 Å². The van der Waals surface area contributed by atoms with E-state index >= 15 is 0 Å². The Bertz CT molecular complexity index is 385. The molecule has 2 nitrogen and oxygen atoms in total. The summed E-state index contributed by atoms with van der Waals surface area (Å²) in [7, 11) is 0. The lowest BCUT2D eigenvalue weighted by atomic mass is 9.98. The maximum atomic E-state index is 3.45. The van der Waals surface area contributed by atoms with Crippen LogP contribution in [-0.4, -0.2) is 24.5 Å². The zero-order valence-corrected chi connectivity index (χ0v) is 12.0. The molecule has 1 aromatic carbocycles. The van der Waals surface area contributed by atoms with E-state index in [0.717, 1.165) is 32.1 Å². The molecule has 0 bridgehead atoms. The average molecular weight is 246 g/mol. The first kappa shape index (κ1) is 13.6. The van der Waals surface area contributed by atoms with Gasteiger partial charge in [0.05, 0.1) is 0 Å². The van der Waals surface area contributed by atoms with Gasteiger partial charge in [-0.2, -0.15) is 0 Å². The summed E-state index contributed by atoms with van der Waals surface area (Å²) in [6.45, 7) is 12.4. The first-order valence-electron chi connectivity index (χ1n) is 7.22. The summed E-state index contributed by atoms with van der Waals surface area (Å²) < 4.78 is 0.